The highest BCUT2D eigenvalue weighted by Gasteiger charge is 2.26. The van der Waals surface area contributed by atoms with Crippen LogP contribution in [0.1, 0.15) is 25.7 Å². The third-order valence-corrected chi connectivity index (χ3v) is 2.88. The quantitative estimate of drug-likeness (QED) is 0.519. The molecule has 1 unspecified atom stereocenters. The molecule has 1 amide bonds. The molecule has 1 aliphatic rings. The SMILES string of the molecule is C=CCOCCCC(=O)N1CCCC1CN. The van der Waals surface area contributed by atoms with E-state index in [1.807, 2.05) is 4.90 Å². The summed E-state index contributed by atoms with van der Waals surface area (Å²) in [6, 6.07) is 0.265. The van der Waals surface area contributed by atoms with E-state index in [4.69, 9.17) is 10.5 Å². The monoisotopic (exact) mass is 226 g/mol. The third-order valence-electron chi connectivity index (χ3n) is 2.88. The van der Waals surface area contributed by atoms with Crippen molar-refractivity contribution in [3.63, 3.8) is 0 Å². The van der Waals surface area contributed by atoms with Crippen LogP contribution in [0.4, 0.5) is 0 Å². The highest BCUT2D eigenvalue weighted by Crippen LogP contribution is 2.17. The molecule has 1 aliphatic heterocycles. The summed E-state index contributed by atoms with van der Waals surface area (Å²) in [6.45, 7) is 6.20. The second-order valence-corrected chi connectivity index (χ2v) is 4.09. The Morgan fingerprint density at radius 1 is 1.62 bits per heavy atom. The summed E-state index contributed by atoms with van der Waals surface area (Å²) in [6.07, 6.45) is 5.19. The fraction of sp³-hybridized carbons (Fsp3) is 0.750. The van der Waals surface area contributed by atoms with Gasteiger partial charge in [-0.25, -0.2) is 0 Å². The number of nitrogens with two attached hydrogens (primary N) is 1. The predicted octanol–water partition coefficient (Wildman–Crippen LogP) is 0.919. The lowest BCUT2D eigenvalue weighted by Crippen LogP contribution is -2.39. The van der Waals surface area contributed by atoms with Gasteiger partial charge < -0.3 is 15.4 Å². The number of amides is 1. The van der Waals surface area contributed by atoms with Crippen LogP contribution in [0.3, 0.4) is 0 Å². The predicted molar refractivity (Wildman–Crippen MR) is 64.0 cm³/mol. The Hall–Kier alpha value is -0.870. The van der Waals surface area contributed by atoms with Crippen LogP contribution >= 0.6 is 0 Å². The molecule has 0 radical (unpaired) electrons. The molecule has 0 aromatic heterocycles. The van der Waals surface area contributed by atoms with Gasteiger partial charge in [-0.05, 0) is 19.3 Å². The second-order valence-electron chi connectivity index (χ2n) is 4.09. The van der Waals surface area contributed by atoms with Gasteiger partial charge in [0.2, 0.25) is 5.91 Å². The number of carbonyl (C=O) groups excluding carboxylic acids is 1. The number of rotatable bonds is 7. The van der Waals surface area contributed by atoms with E-state index in [-0.39, 0.29) is 11.9 Å². The van der Waals surface area contributed by atoms with Crippen LogP contribution in [0, 0.1) is 0 Å². The Labute approximate surface area is 97.4 Å². The molecule has 2 N–H and O–H groups in total. The summed E-state index contributed by atoms with van der Waals surface area (Å²) in [5, 5.41) is 0. The van der Waals surface area contributed by atoms with Crippen LogP contribution < -0.4 is 5.73 Å². The van der Waals surface area contributed by atoms with E-state index in [0.717, 1.165) is 25.8 Å². The van der Waals surface area contributed by atoms with Gasteiger partial charge >= 0.3 is 0 Å². The maximum Gasteiger partial charge on any atom is 0.222 e. The van der Waals surface area contributed by atoms with E-state index in [9.17, 15) is 4.79 Å². The molecular formula is C12H22N2O2. The first-order valence-corrected chi connectivity index (χ1v) is 5.97. The lowest BCUT2D eigenvalue weighted by Gasteiger charge is -2.23. The molecule has 0 aromatic rings. The molecule has 0 aliphatic carbocycles. The Balaban J connectivity index is 2.16. The fourth-order valence-corrected chi connectivity index (χ4v) is 2.04. The van der Waals surface area contributed by atoms with Gasteiger partial charge in [-0.15, -0.1) is 6.58 Å². The summed E-state index contributed by atoms with van der Waals surface area (Å²) in [4.78, 5) is 13.8. The van der Waals surface area contributed by atoms with Crippen molar-refractivity contribution in [2.45, 2.75) is 31.7 Å². The van der Waals surface area contributed by atoms with E-state index in [2.05, 4.69) is 6.58 Å². The first-order chi connectivity index (χ1) is 7.79. The zero-order chi connectivity index (χ0) is 11.8. The van der Waals surface area contributed by atoms with Crippen LogP contribution in [0.15, 0.2) is 12.7 Å². The fourth-order valence-electron chi connectivity index (χ4n) is 2.04. The average Bonchev–Trinajstić information content (AvgIpc) is 2.76. The smallest absolute Gasteiger partial charge is 0.222 e. The lowest BCUT2D eigenvalue weighted by molar-refractivity contribution is -0.132. The highest BCUT2D eigenvalue weighted by atomic mass is 16.5. The largest absolute Gasteiger partial charge is 0.377 e. The van der Waals surface area contributed by atoms with Gasteiger partial charge in [0.25, 0.3) is 0 Å². The van der Waals surface area contributed by atoms with Gasteiger partial charge in [-0.3, -0.25) is 4.79 Å². The van der Waals surface area contributed by atoms with Crippen molar-refractivity contribution in [3.05, 3.63) is 12.7 Å². The Bertz CT molecular complexity index is 231. The number of hydrogen-bond acceptors (Lipinski definition) is 3. The van der Waals surface area contributed by atoms with Gasteiger partial charge in [0.05, 0.1) is 6.61 Å². The molecule has 1 heterocycles. The molecule has 0 spiro atoms. The average molecular weight is 226 g/mol. The molecule has 1 rings (SSSR count). The molecular weight excluding hydrogens is 204 g/mol. The summed E-state index contributed by atoms with van der Waals surface area (Å²) in [5.74, 6) is 0.218. The molecule has 0 bridgehead atoms. The summed E-state index contributed by atoms with van der Waals surface area (Å²) in [7, 11) is 0. The van der Waals surface area contributed by atoms with Gasteiger partial charge in [0.15, 0.2) is 0 Å². The summed E-state index contributed by atoms with van der Waals surface area (Å²) >= 11 is 0. The minimum Gasteiger partial charge on any atom is -0.377 e. The molecule has 1 fully saturated rings. The van der Waals surface area contributed by atoms with Crippen molar-refractivity contribution in [2.75, 3.05) is 26.3 Å². The van der Waals surface area contributed by atoms with E-state index in [0.29, 0.717) is 26.2 Å². The first-order valence-electron chi connectivity index (χ1n) is 5.97. The highest BCUT2D eigenvalue weighted by molar-refractivity contribution is 5.76. The third kappa shape index (κ3) is 3.94. The topological polar surface area (TPSA) is 55.6 Å². The van der Waals surface area contributed by atoms with Crippen LogP contribution in [0.25, 0.3) is 0 Å². The minimum absolute atomic E-state index is 0.218. The van der Waals surface area contributed by atoms with Crippen LogP contribution in [0.2, 0.25) is 0 Å². The van der Waals surface area contributed by atoms with E-state index < -0.39 is 0 Å². The number of hydrogen-bond donors (Lipinski definition) is 1. The lowest BCUT2D eigenvalue weighted by atomic mass is 10.2. The number of carbonyl (C=O) groups is 1. The molecule has 4 nitrogen and oxygen atoms in total. The molecule has 1 saturated heterocycles. The van der Waals surface area contributed by atoms with Crippen molar-refractivity contribution in [1.82, 2.24) is 4.90 Å². The standard InChI is InChI=1S/C12H22N2O2/c1-2-8-16-9-4-6-12(15)14-7-3-5-11(14)10-13/h2,11H,1,3-10,13H2. The van der Waals surface area contributed by atoms with Crippen molar-refractivity contribution in [2.24, 2.45) is 5.73 Å². The van der Waals surface area contributed by atoms with Crippen molar-refractivity contribution in [3.8, 4) is 0 Å². The van der Waals surface area contributed by atoms with E-state index >= 15 is 0 Å². The van der Waals surface area contributed by atoms with Crippen molar-refractivity contribution >= 4 is 5.91 Å². The zero-order valence-electron chi connectivity index (χ0n) is 9.86. The summed E-state index contributed by atoms with van der Waals surface area (Å²) in [5.41, 5.74) is 5.63. The Morgan fingerprint density at radius 3 is 3.12 bits per heavy atom. The van der Waals surface area contributed by atoms with Crippen LogP contribution in [-0.2, 0) is 9.53 Å². The molecule has 92 valence electrons. The molecule has 16 heavy (non-hydrogen) atoms. The zero-order valence-corrected chi connectivity index (χ0v) is 9.86. The minimum atomic E-state index is 0.218. The normalized spacial score (nSPS) is 20.1. The van der Waals surface area contributed by atoms with E-state index in [1.54, 1.807) is 6.08 Å². The maximum atomic E-state index is 11.8. The molecule has 0 aromatic carbocycles. The molecule has 0 saturated carbocycles. The number of likely N-dealkylation sites (tertiary alicyclic amines) is 1. The number of nitrogens with zero attached hydrogens (tertiary/aromatic N) is 1. The maximum absolute atomic E-state index is 11.8. The van der Waals surface area contributed by atoms with E-state index in [1.165, 1.54) is 0 Å². The summed E-state index contributed by atoms with van der Waals surface area (Å²) < 4.78 is 5.24. The first kappa shape index (κ1) is 13.2. The Kier molecular flexibility index (Phi) is 6.11. The van der Waals surface area contributed by atoms with Crippen molar-refractivity contribution < 1.29 is 9.53 Å². The van der Waals surface area contributed by atoms with Crippen LogP contribution in [0.5, 0.6) is 0 Å². The molecule has 4 heteroatoms. The van der Waals surface area contributed by atoms with Gasteiger partial charge in [0.1, 0.15) is 0 Å². The van der Waals surface area contributed by atoms with Gasteiger partial charge in [-0.2, -0.15) is 0 Å². The molecule has 1 atom stereocenters. The Morgan fingerprint density at radius 2 is 2.44 bits per heavy atom. The van der Waals surface area contributed by atoms with Gasteiger partial charge in [-0.1, -0.05) is 6.08 Å². The second kappa shape index (κ2) is 7.41. The van der Waals surface area contributed by atoms with Crippen LogP contribution in [-0.4, -0.2) is 43.2 Å². The number of ether oxygens (including phenoxy) is 1. The van der Waals surface area contributed by atoms with Gasteiger partial charge in [0, 0.05) is 32.2 Å². The van der Waals surface area contributed by atoms with Crippen molar-refractivity contribution in [1.29, 1.82) is 0 Å².